The van der Waals surface area contributed by atoms with Gasteiger partial charge in [0.15, 0.2) is 5.54 Å². The molecule has 2 rings (SSSR count). The number of carboxylic acids is 1. The van der Waals surface area contributed by atoms with Crippen molar-refractivity contribution in [3.63, 3.8) is 0 Å². The van der Waals surface area contributed by atoms with Gasteiger partial charge in [0.05, 0.1) is 0 Å². The van der Waals surface area contributed by atoms with Crippen LogP contribution in [0.25, 0.3) is 0 Å². The zero-order valence-electron chi connectivity index (χ0n) is 11.6. The van der Waals surface area contributed by atoms with Crippen LogP contribution >= 0.6 is 11.8 Å². The van der Waals surface area contributed by atoms with Crippen LogP contribution in [0.3, 0.4) is 0 Å². The van der Waals surface area contributed by atoms with Gasteiger partial charge in [0.2, 0.25) is 0 Å². The Kier molecular flexibility index (Phi) is 3.73. The molecule has 1 N–H and O–H groups in total. The van der Waals surface area contributed by atoms with Crippen molar-refractivity contribution >= 4 is 23.8 Å². The molecule has 1 aliphatic carbocycles. The molecule has 1 unspecified atom stereocenters. The molecule has 1 atom stereocenters. The molecule has 0 radical (unpaired) electrons. The van der Waals surface area contributed by atoms with Crippen LogP contribution in [0.1, 0.15) is 40.0 Å². The van der Waals surface area contributed by atoms with Gasteiger partial charge < -0.3 is 9.84 Å². The van der Waals surface area contributed by atoms with Gasteiger partial charge in [0, 0.05) is 11.8 Å². The Morgan fingerprint density at radius 1 is 1.37 bits per heavy atom. The van der Waals surface area contributed by atoms with Gasteiger partial charge in [-0.15, -0.1) is 0 Å². The minimum atomic E-state index is -1.08. The molecule has 2 aliphatic rings. The summed E-state index contributed by atoms with van der Waals surface area (Å²) in [5, 5.41) is 9.60. The zero-order chi connectivity index (χ0) is 14.3. The summed E-state index contributed by atoms with van der Waals surface area (Å²) in [4.78, 5) is 25.6. The SMILES string of the molecule is CC(C)(C)OC(=O)N(C1CC1)C1(C(=O)O)CCSC1. The van der Waals surface area contributed by atoms with Crippen molar-refractivity contribution in [3.8, 4) is 0 Å². The van der Waals surface area contributed by atoms with Gasteiger partial charge in [-0.05, 0) is 45.8 Å². The van der Waals surface area contributed by atoms with E-state index in [2.05, 4.69) is 0 Å². The van der Waals surface area contributed by atoms with E-state index in [4.69, 9.17) is 4.74 Å². The summed E-state index contributed by atoms with van der Waals surface area (Å²) in [6.45, 7) is 5.40. The number of carbonyl (C=O) groups is 2. The third-order valence-corrected chi connectivity index (χ3v) is 4.54. The first-order valence-electron chi connectivity index (χ1n) is 6.60. The molecule has 1 saturated carbocycles. The normalized spacial score (nSPS) is 27.1. The Labute approximate surface area is 117 Å². The van der Waals surface area contributed by atoms with Crippen LogP contribution in [0.5, 0.6) is 0 Å². The first kappa shape index (κ1) is 14.5. The van der Waals surface area contributed by atoms with Gasteiger partial charge in [0.25, 0.3) is 0 Å². The second kappa shape index (κ2) is 4.89. The van der Waals surface area contributed by atoms with Crippen molar-refractivity contribution in [3.05, 3.63) is 0 Å². The Bertz CT molecular complexity index is 381. The maximum atomic E-state index is 12.4. The molecule has 0 spiro atoms. The highest BCUT2D eigenvalue weighted by molar-refractivity contribution is 7.99. The van der Waals surface area contributed by atoms with Crippen molar-refractivity contribution in [2.24, 2.45) is 0 Å². The van der Waals surface area contributed by atoms with Crippen LogP contribution in [-0.4, -0.2) is 50.8 Å². The first-order chi connectivity index (χ1) is 8.76. The number of rotatable bonds is 3. The molecule has 1 aliphatic heterocycles. The third-order valence-electron chi connectivity index (χ3n) is 3.36. The Hall–Kier alpha value is -0.910. The van der Waals surface area contributed by atoms with Crippen molar-refractivity contribution in [1.29, 1.82) is 0 Å². The lowest BCUT2D eigenvalue weighted by Crippen LogP contribution is -2.59. The fourth-order valence-electron chi connectivity index (χ4n) is 2.33. The summed E-state index contributed by atoms with van der Waals surface area (Å²) >= 11 is 1.59. The number of hydrogen-bond acceptors (Lipinski definition) is 4. The lowest BCUT2D eigenvalue weighted by atomic mass is 9.96. The summed E-state index contributed by atoms with van der Waals surface area (Å²) < 4.78 is 5.40. The second-order valence-corrected chi connectivity index (χ2v) is 7.33. The number of ether oxygens (including phenoxy) is 1. The van der Waals surface area contributed by atoms with E-state index >= 15 is 0 Å². The molecular formula is C13H21NO4S. The molecule has 1 saturated heterocycles. The molecule has 108 valence electrons. The van der Waals surface area contributed by atoms with E-state index in [1.54, 1.807) is 32.5 Å². The van der Waals surface area contributed by atoms with Crippen molar-refractivity contribution in [1.82, 2.24) is 4.90 Å². The Morgan fingerprint density at radius 2 is 2.00 bits per heavy atom. The van der Waals surface area contributed by atoms with Gasteiger partial charge in [-0.1, -0.05) is 0 Å². The van der Waals surface area contributed by atoms with Crippen LogP contribution in [0.2, 0.25) is 0 Å². The highest BCUT2D eigenvalue weighted by Gasteiger charge is 2.55. The molecule has 0 aromatic heterocycles. The van der Waals surface area contributed by atoms with E-state index in [0.29, 0.717) is 12.2 Å². The monoisotopic (exact) mass is 287 g/mol. The average molecular weight is 287 g/mol. The van der Waals surface area contributed by atoms with E-state index in [1.165, 1.54) is 4.90 Å². The van der Waals surface area contributed by atoms with Gasteiger partial charge in [-0.25, -0.2) is 9.59 Å². The number of thioether (sulfide) groups is 1. The van der Waals surface area contributed by atoms with E-state index in [-0.39, 0.29) is 6.04 Å². The fraction of sp³-hybridized carbons (Fsp3) is 0.846. The number of amides is 1. The molecule has 19 heavy (non-hydrogen) atoms. The molecule has 1 heterocycles. The number of nitrogens with zero attached hydrogens (tertiary/aromatic N) is 1. The molecule has 0 bridgehead atoms. The van der Waals surface area contributed by atoms with E-state index in [0.717, 1.165) is 18.6 Å². The summed E-state index contributed by atoms with van der Waals surface area (Å²) in [5.41, 5.74) is -1.68. The van der Waals surface area contributed by atoms with Crippen molar-refractivity contribution < 1.29 is 19.4 Å². The molecule has 0 aromatic rings. The van der Waals surface area contributed by atoms with E-state index in [9.17, 15) is 14.7 Å². The molecular weight excluding hydrogens is 266 g/mol. The Morgan fingerprint density at radius 3 is 2.37 bits per heavy atom. The van der Waals surface area contributed by atoms with Crippen LogP contribution in [0.4, 0.5) is 4.79 Å². The van der Waals surface area contributed by atoms with Crippen molar-refractivity contribution in [2.75, 3.05) is 11.5 Å². The summed E-state index contributed by atoms with van der Waals surface area (Å²) in [6.07, 6.45) is 1.76. The molecule has 1 amide bonds. The zero-order valence-corrected chi connectivity index (χ0v) is 12.5. The summed E-state index contributed by atoms with van der Waals surface area (Å²) in [5.74, 6) is 0.325. The molecule has 0 aromatic carbocycles. The number of hydrogen-bond donors (Lipinski definition) is 1. The maximum absolute atomic E-state index is 12.4. The predicted octanol–water partition coefficient (Wildman–Crippen LogP) is 2.35. The van der Waals surface area contributed by atoms with Crippen LogP contribution in [0, 0.1) is 0 Å². The van der Waals surface area contributed by atoms with Crippen molar-refractivity contribution in [2.45, 2.75) is 57.2 Å². The topological polar surface area (TPSA) is 66.8 Å². The number of carbonyl (C=O) groups excluding carboxylic acids is 1. The van der Waals surface area contributed by atoms with Gasteiger partial charge >= 0.3 is 12.1 Å². The highest BCUT2D eigenvalue weighted by Crippen LogP contribution is 2.41. The highest BCUT2D eigenvalue weighted by atomic mass is 32.2. The minimum Gasteiger partial charge on any atom is -0.479 e. The molecule has 6 heteroatoms. The fourth-order valence-corrected chi connectivity index (χ4v) is 3.70. The lowest BCUT2D eigenvalue weighted by Gasteiger charge is -2.38. The lowest BCUT2D eigenvalue weighted by molar-refractivity contribution is -0.150. The van der Waals surface area contributed by atoms with Crippen LogP contribution in [0.15, 0.2) is 0 Å². The summed E-state index contributed by atoms with van der Waals surface area (Å²) in [7, 11) is 0. The minimum absolute atomic E-state index is 0.0321. The quantitative estimate of drug-likeness (QED) is 0.863. The number of carboxylic acid groups (broad SMARTS) is 1. The summed E-state index contributed by atoms with van der Waals surface area (Å²) in [6, 6.07) is 0.0321. The van der Waals surface area contributed by atoms with Gasteiger partial charge in [-0.2, -0.15) is 11.8 Å². The predicted molar refractivity (Wildman–Crippen MR) is 73.4 cm³/mol. The van der Waals surface area contributed by atoms with E-state index < -0.39 is 23.2 Å². The van der Waals surface area contributed by atoms with Gasteiger partial charge in [0.1, 0.15) is 5.60 Å². The smallest absolute Gasteiger partial charge is 0.411 e. The maximum Gasteiger partial charge on any atom is 0.411 e. The third kappa shape index (κ3) is 2.99. The first-order valence-corrected chi connectivity index (χ1v) is 7.75. The van der Waals surface area contributed by atoms with Gasteiger partial charge in [-0.3, -0.25) is 4.90 Å². The number of aliphatic carboxylic acids is 1. The Balaban J connectivity index is 2.24. The van der Waals surface area contributed by atoms with Crippen LogP contribution < -0.4 is 0 Å². The molecule has 5 nitrogen and oxygen atoms in total. The average Bonchev–Trinajstić information content (AvgIpc) is 2.92. The molecule has 2 fully saturated rings. The van der Waals surface area contributed by atoms with E-state index in [1.807, 2.05) is 0 Å². The standard InChI is InChI=1S/C13H21NO4S/c1-12(2,3)18-11(17)14(9-4-5-9)13(10(15)16)6-7-19-8-13/h9H,4-8H2,1-3H3,(H,15,16). The van der Waals surface area contributed by atoms with Crippen LogP contribution in [-0.2, 0) is 9.53 Å². The largest absolute Gasteiger partial charge is 0.479 e. The second-order valence-electron chi connectivity index (χ2n) is 6.22.